The fourth-order valence-corrected chi connectivity index (χ4v) is 1.90. The average molecular weight is 192 g/mol. The molecule has 0 heterocycles. The van der Waals surface area contributed by atoms with Crippen molar-refractivity contribution in [1.29, 1.82) is 0 Å². The van der Waals surface area contributed by atoms with Crippen LogP contribution in [0, 0.1) is 0 Å². The summed E-state index contributed by atoms with van der Waals surface area (Å²) in [6, 6.07) is 0. The molecule has 14 heavy (non-hydrogen) atoms. The van der Waals surface area contributed by atoms with Gasteiger partial charge in [0.1, 0.15) is 0 Å². The van der Waals surface area contributed by atoms with E-state index in [1.54, 1.807) is 0 Å². The quantitative estimate of drug-likeness (QED) is 0.473. The van der Waals surface area contributed by atoms with E-state index >= 15 is 0 Å². The van der Waals surface area contributed by atoms with Crippen molar-refractivity contribution in [2.75, 3.05) is 0 Å². The topological polar surface area (TPSA) is 0 Å². The summed E-state index contributed by atoms with van der Waals surface area (Å²) in [6.45, 7) is 0. The molecule has 0 N–H and O–H groups in total. The second-order valence-corrected chi connectivity index (χ2v) is 4.22. The second kappa shape index (κ2) is 9.05. The molecule has 0 saturated heterocycles. The maximum Gasteiger partial charge on any atom is -0.0316 e. The number of allylic oxidation sites excluding steroid dienone is 4. The van der Waals surface area contributed by atoms with Gasteiger partial charge in [0, 0.05) is 0 Å². The van der Waals surface area contributed by atoms with Crippen LogP contribution in [-0.2, 0) is 0 Å². The van der Waals surface area contributed by atoms with Crippen molar-refractivity contribution in [2.45, 2.75) is 64.2 Å². The first kappa shape index (κ1) is 11.6. The molecular formula is C14H24. The van der Waals surface area contributed by atoms with Crippen molar-refractivity contribution in [3.63, 3.8) is 0 Å². The molecule has 1 rings (SSSR count). The van der Waals surface area contributed by atoms with Gasteiger partial charge in [-0.05, 0) is 38.5 Å². The SMILES string of the molecule is C1=CCCCCCCCC/C=C/CC1. The first-order chi connectivity index (χ1) is 7.00. The lowest BCUT2D eigenvalue weighted by atomic mass is 10.1. The van der Waals surface area contributed by atoms with E-state index in [-0.39, 0.29) is 0 Å². The summed E-state index contributed by atoms with van der Waals surface area (Å²) in [4.78, 5) is 0. The van der Waals surface area contributed by atoms with Crippen molar-refractivity contribution in [2.24, 2.45) is 0 Å². The van der Waals surface area contributed by atoms with E-state index in [9.17, 15) is 0 Å². The Morgan fingerprint density at radius 3 is 1.21 bits per heavy atom. The van der Waals surface area contributed by atoms with Crippen LogP contribution in [0.3, 0.4) is 0 Å². The Hall–Kier alpha value is -0.520. The molecule has 0 bridgehead atoms. The summed E-state index contributed by atoms with van der Waals surface area (Å²) in [6.07, 6.45) is 23.0. The molecule has 1 aliphatic rings. The van der Waals surface area contributed by atoms with Crippen LogP contribution in [0.1, 0.15) is 64.2 Å². The third kappa shape index (κ3) is 6.94. The van der Waals surface area contributed by atoms with Crippen molar-refractivity contribution in [1.82, 2.24) is 0 Å². The summed E-state index contributed by atoms with van der Waals surface area (Å²) < 4.78 is 0. The molecular weight excluding hydrogens is 168 g/mol. The first-order valence-electron chi connectivity index (χ1n) is 6.30. The zero-order valence-electron chi connectivity index (χ0n) is 9.38. The molecule has 0 aromatic carbocycles. The van der Waals surface area contributed by atoms with Gasteiger partial charge in [-0.3, -0.25) is 0 Å². The predicted octanol–water partition coefficient (Wildman–Crippen LogP) is 5.01. The van der Waals surface area contributed by atoms with Crippen LogP contribution in [0.5, 0.6) is 0 Å². The Bertz CT molecular complexity index is 145. The smallest absolute Gasteiger partial charge is 0.0316 e. The number of rotatable bonds is 0. The Labute approximate surface area is 89.1 Å². The molecule has 0 atom stereocenters. The molecule has 80 valence electrons. The highest BCUT2D eigenvalue weighted by Gasteiger charge is 1.90. The molecule has 0 aromatic rings. The lowest BCUT2D eigenvalue weighted by molar-refractivity contribution is 0.599. The van der Waals surface area contributed by atoms with Gasteiger partial charge in [0.05, 0.1) is 0 Å². The molecule has 0 saturated carbocycles. The molecule has 0 radical (unpaired) electrons. The van der Waals surface area contributed by atoms with Crippen LogP contribution in [0.4, 0.5) is 0 Å². The largest absolute Gasteiger partial charge is 0.0885 e. The van der Waals surface area contributed by atoms with Crippen LogP contribution in [0.15, 0.2) is 24.3 Å². The van der Waals surface area contributed by atoms with Crippen molar-refractivity contribution >= 4 is 0 Å². The molecule has 0 unspecified atom stereocenters. The van der Waals surface area contributed by atoms with Crippen LogP contribution >= 0.6 is 0 Å². The van der Waals surface area contributed by atoms with Crippen LogP contribution in [0.2, 0.25) is 0 Å². The maximum absolute atomic E-state index is 2.36. The maximum atomic E-state index is 2.36. The molecule has 0 spiro atoms. The third-order valence-corrected chi connectivity index (χ3v) is 2.82. The van der Waals surface area contributed by atoms with E-state index in [4.69, 9.17) is 0 Å². The van der Waals surface area contributed by atoms with Crippen LogP contribution in [0.25, 0.3) is 0 Å². The van der Waals surface area contributed by atoms with Crippen LogP contribution < -0.4 is 0 Å². The lowest BCUT2D eigenvalue weighted by Gasteiger charge is -2.00. The van der Waals surface area contributed by atoms with Gasteiger partial charge in [0.15, 0.2) is 0 Å². The molecule has 0 aliphatic heterocycles. The Morgan fingerprint density at radius 1 is 0.357 bits per heavy atom. The summed E-state index contributed by atoms with van der Waals surface area (Å²) in [5.41, 5.74) is 0. The minimum atomic E-state index is 1.23. The standard InChI is InChI=1S/C14H24/c1-2-4-6-8-10-12-14-13-11-9-7-5-3-1/h1-2,7,9H,3-6,8,10-14H2/b2-1+,9-7?. The zero-order valence-corrected chi connectivity index (χ0v) is 9.38. The molecule has 0 nitrogen and oxygen atoms in total. The Balaban J connectivity index is 2.17. The van der Waals surface area contributed by atoms with Gasteiger partial charge < -0.3 is 0 Å². The number of hydrogen-bond acceptors (Lipinski definition) is 0. The predicted molar refractivity (Wildman–Crippen MR) is 64.5 cm³/mol. The molecule has 0 heteroatoms. The first-order valence-corrected chi connectivity index (χ1v) is 6.30. The molecule has 1 aliphatic carbocycles. The molecule has 0 amide bonds. The van der Waals surface area contributed by atoms with E-state index in [1.807, 2.05) is 0 Å². The summed E-state index contributed by atoms with van der Waals surface area (Å²) in [5.74, 6) is 0. The monoisotopic (exact) mass is 192 g/mol. The van der Waals surface area contributed by atoms with Crippen molar-refractivity contribution < 1.29 is 0 Å². The second-order valence-electron chi connectivity index (χ2n) is 4.22. The van der Waals surface area contributed by atoms with Gasteiger partial charge in [0.25, 0.3) is 0 Å². The highest BCUT2D eigenvalue weighted by molar-refractivity contribution is 4.88. The highest BCUT2D eigenvalue weighted by Crippen LogP contribution is 2.10. The van der Waals surface area contributed by atoms with E-state index in [0.29, 0.717) is 0 Å². The van der Waals surface area contributed by atoms with Gasteiger partial charge in [0.2, 0.25) is 0 Å². The van der Waals surface area contributed by atoms with Crippen molar-refractivity contribution in [3.8, 4) is 0 Å². The van der Waals surface area contributed by atoms with E-state index in [2.05, 4.69) is 24.3 Å². The van der Waals surface area contributed by atoms with E-state index in [1.165, 1.54) is 64.2 Å². The van der Waals surface area contributed by atoms with Gasteiger partial charge in [-0.2, -0.15) is 0 Å². The average Bonchev–Trinajstić information content (AvgIpc) is 2.22. The summed E-state index contributed by atoms with van der Waals surface area (Å²) in [5, 5.41) is 0. The minimum absolute atomic E-state index is 1.23. The van der Waals surface area contributed by atoms with E-state index < -0.39 is 0 Å². The lowest BCUT2D eigenvalue weighted by Crippen LogP contribution is -1.80. The van der Waals surface area contributed by atoms with Gasteiger partial charge in [-0.15, -0.1) is 0 Å². The van der Waals surface area contributed by atoms with Crippen LogP contribution in [-0.4, -0.2) is 0 Å². The molecule has 0 fully saturated rings. The Kier molecular flexibility index (Phi) is 7.47. The minimum Gasteiger partial charge on any atom is -0.0885 e. The summed E-state index contributed by atoms with van der Waals surface area (Å²) >= 11 is 0. The highest BCUT2D eigenvalue weighted by atomic mass is 14.0. The fraction of sp³-hybridized carbons (Fsp3) is 0.714. The Morgan fingerprint density at radius 2 is 0.714 bits per heavy atom. The number of hydrogen-bond donors (Lipinski definition) is 0. The zero-order chi connectivity index (χ0) is 9.90. The molecule has 0 aromatic heterocycles. The summed E-state index contributed by atoms with van der Waals surface area (Å²) in [7, 11) is 0. The van der Waals surface area contributed by atoms with E-state index in [0.717, 1.165) is 0 Å². The van der Waals surface area contributed by atoms with Gasteiger partial charge >= 0.3 is 0 Å². The van der Waals surface area contributed by atoms with Gasteiger partial charge in [-0.1, -0.05) is 50.0 Å². The fourth-order valence-electron chi connectivity index (χ4n) is 1.90. The normalized spacial score (nSPS) is 24.0. The third-order valence-electron chi connectivity index (χ3n) is 2.82. The van der Waals surface area contributed by atoms with Crippen molar-refractivity contribution in [3.05, 3.63) is 24.3 Å². The van der Waals surface area contributed by atoms with Gasteiger partial charge in [-0.25, -0.2) is 0 Å².